The molecule has 2 rings (SSSR count). The molecule has 0 aliphatic carbocycles. The van der Waals surface area contributed by atoms with E-state index in [1.54, 1.807) is 11.8 Å². The summed E-state index contributed by atoms with van der Waals surface area (Å²) in [5.41, 5.74) is 2.07. The molecule has 0 radical (unpaired) electrons. The number of nitrogens with one attached hydrogen (secondary N) is 2. The third-order valence-corrected chi connectivity index (χ3v) is 3.71. The third-order valence-electron chi connectivity index (χ3n) is 2.67. The van der Waals surface area contributed by atoms with Crippen LogP contribution in [0.2, 0.25) is 0 Å². The van der Waals surface area contributed by atoms with Gasteiger partial charge in [0.15, 0.2) is 5.16 Å². The molecule has 17 heavy (non-hydrogen) atoms. The molecule has 92 valence electrons. The molecule has 1 aromatic carbocycles. The lowest BCUT2D eigenvalue weighted by atomic mass is 10.2. The topological polar surface area (TPSA) is 60.9 Å². The summed E-state index contributed by atoms with van der Waals surface area (Å²) >= 11 is 1.68. The van der Waals surface area contributed by atoms with Crippen molar-refractivity contribution in [2.75, 3.05) is 19.4 Å². The Morgan fingerprint density at radius 3 is 3.00 bits per heavy atom. The van der Waals surface area contributed by atoms with Crippen molar-refractivity contribution < 1.29 is 5.11 Å². The Bertz CT molecular complexity index is 438. The maximum Gasteiger partial charge on any atom is 0.166 e. The second-order valence-corrected chi connectivity index (χ2v) is 4.88. The lowest BCUT2D eigenvalue weighted by Crippen LogP contribution is -2.28. The summed E-state index contributed by atoms with van der Waals surface area (Å²) in [5.74, 6) is 0.900. The maximum atomic E-state index is 8.91. The van der Waals surface area contributed by atoms with E-state index in [1.807, 2.05) is 31.3 Å². The molecule has 0 spiro atoms. The van der Waals surface area contributed by atoms with Crippen LogP contribution in [-0.2, 0) is 0 Å². The molecular formula is C12H17N3OS. The number of imidazole rings is 1. The van der Waals surface area contributed by atoms with Crippen LogP contribution in [0.1, 0.15) is 6.42 Å². The molecule has 1 heterocycles. The number of para-hydroxylation sites is 2. The molecule has 0 aliphatic rings. The number of hydrogen-bond donors (Lipinski definition) is 3. The van der Waals surface area contributed by atoms with E-state index >= 15 is 0 Å². The molecule has 0 aliphatic heterocycles. The molecule has 1 aromatic heterocycles. The van der Waals surface area contributed by atoms with Crippen LogP contribution in [-0.4, -0.2) is 40.5 Å². The molecule has 0 saturated heterocycles. The van der Waals surface area contributed by atoms with Gasteiger partial charge in [0.25, 0.3) is 0 Å². The van der Waals surface area contributed by atoms with Gasteiger partial charge >= 0.3 is 0 Å². The smallest absolute Gasteiger partial charge is 0.166 e. The lowest BCUT2D eigenvalue weighted by molar-refractivity contribution is 0.273. The van der Waals surface area contributed by atoms with Crippen LogP contribution in [0.4, 0.5) is 0 Å². The molecule has 2 aromatic rings. The van der Waals surface area contributed by atoms with Crippen molar-refractivity contribution in [3.63, 3.8) is 0 Å². The van der Waals surface area contributed by atoms with Gasteiger partial charge in [0, 0.05) is 18.4 Å². The van der Waals surface area contributed by atoms with E-state index in [0.29, 0.717) is 6.04 Å². The summed E-state index contributed by atoms with van der Waals surface area (Å²) in [6.45, 7) is 0.214. The van der Waals surface area contributed by atoms with Gasteiger partial charge in [0.05, 0.1) is 11.0 Å². The van der Waals surface area contributed by atoms with Gasteiger partial charge in [-0.3, -0.25) is 0 Å². The van der Waals surface area contributed by atoms with Crippen LogP contribution in [0.15, 0.2) is 29.4 Å². The zero-order valence-electron chi connectivity index (χ0n) is 9.81. The lowest BCUT2D eigenvalue weighted by Gasteiger charge is -2.12. The average molecular weight is 251 g/mol. The van der Waals surface area contributed by atoms with Gasteiger partial charge in [-0.05, 0) is 25.6 Å². The average Bonchev–Trinajstić information content (AvgIpc) is 2.77. The number of aromatic nitrogens is 2. The van der Waals surface area contributed by atoms with Crippen molar-refractivity contribution in [2.45, 2.75) is 17.6 Å². The minimum absolute atomic E-state index is 0.214. The van der Waals surface area contributed by atoms with Gasteiger partial charge < -0.3 is 15.4 Å². The first-order valence-electron chi connectivity index (χ1n) is 5.69. The molecular weight excluding hydrogens is 234 g/mol. The number of nitrogens with zero attached hydrogens (tertiary/aromatic N) is 1. The van der Waals surface area contributed by atoms with Gasteiger partial charge in [-0.2, -0.15) is 0 Å². The van der Waals surface area contributed by atoms with Crippen molar-refractivity contribution in [1.29, 1.82) is 0 Å². The highest BCUT2D eigenvalue weighted by atomic mass is 32.2. The summed E-state index contributed by atoms with van der Waals surface area (Å²) in [6, 6.07) is 8.32. The van der Waals surface area contributed by atoms with E-state index in [9.17, 15) is 0 Å². The molecule has 0 saturated carbocycles. The molecule has 3 N–H and O–H groups in total. The Morgan fingerprint density at radius 1 is 1.47 bits per heavy atom. The van der Waals surface area contributed by atoms with E-state index in [1.165, 1.54) is 0 Å². The van der Waals surface area contributed by atoms with Crippen LogP contribution in [0, 0.1) is 0 Å². The number of benzene rings is 1. The number of H-pyrrole nitrogens is 1. The summed E-state index contributed by atoms with van der Waals surface area (Å²) in [6.07, 6.45) is 0.768. The first-order valence-corrected chi connectivity index (χ1v) is 6.67. The first-order chi connectivity index (χ1) is 8.33. The minimum Gasteiger partial charge on any atom is -0.396 e. The van der Waals surface area contributed by atoms with Gasteiger partial charge in [-0.1, -0.05) is 23.9 Å². The van der Waals surface area contributed by atoms with Crippen molar-refractivity contribution in [2.24, 2.45) is 0 Å². The van der Waals surface area contributed by atoms with Gasteiger partial charge in [-0.25, -0.2) is 4.98 Å². The van der Waals surface area contributed by atoms with Crippen LogP contribution < -0.4 is 5.32 Å². The molecule has 0 fully saturated rings. The quantitative estimate of drug-likeness (QED) is 0.683. The fraction of sp³-hybridized carbons (Fsp3) is 0.417. The van der Waals surface area contributed by atoms with Crippen LogP contribution >= 0.6 is 11.8 Å². The van der Waals surface area contributed by atoms with E-state index in [4.69, 9.17) is 5.11 Å². The molecule has 1 atom stereocenters. The Labute approximate surface area is 105 Å². The summed E-state index contributed by atoms with van der Waals surface area (Å²) in [4.78, 5) is 7.77. The monoisotopic (exact) mass is 251 g/mol. The Hall–Kier alpha value is -1.04. The Balaban J connectivity index is 1.98. The Kier molecular flexibility index (Phi) is 4.42. The number of hydrogen-bond acceptors (Lipinski definition) is 4. The number of rotatable bonds is 6. The van der Waals surface area contributed by atoms with Crippen LogP contribution in [0.5, 0.6) is 0 Å². The highest BCUT2D eigenvalue weighted by Crippen LogP contribution is 2.20. The number of aliphatic hydroxyl groups excluding tert-OH is 1. The van der Waals surface area contributed by atoms with Gasteiger partial charge in [0.1, 0.15) is 0 Å². The predicted molar refractivity (Wildman–Crippen MR) is 71.4 cm³/mol. The number of aromatic amines is 1. The maximum absolute atomic E-state index is 8.91. The van der Waals surface area contributed by atoms with E-state index in [-0.39, 0.29) is 6.61 Å². The number of thioether (sulfide) groups is 1. The molecule has 0 bridgehead atoms. The first kappa shape index (κ1) is 12.4. The summed E-state index contributed by atoms with van der Waals surface area (Å²) < 4.78 is 0. The summed E-state index contributed by atoms with van der Waals surface area (Å²) in [7, 11) is 1.92. The zero-order valence-corrected chi connectivity index (χ0v) is 10.6. The van der Waals surface area contributed by atoms with Crippen molar-refractivity contribution in [3.8, 4) is 0 Å². The number of aliphatic hydroxyl groups is 1. The number of fused-ring (bicyclic) bond motifs is 1. The normalized spacial score (nSPS) is 13.1. The fourth-order valence-corrected chi connectivity index (χ4v) is 2.68. The predicted octanol–water partition coefficient (Wildman–Crippen LogP) is 1.63. The minimum atomic E-state index is 0.214. The molecule has 4 nitrogen and oxygen atoms in total. The molecule has 5 heteroatoms. The van der Waals surface area contributed by atoms with Crippen molar-refractivity contribution >= 4 is 22.8 Å². The van der Waals surface area contributed by atoms with Gasteiger partial charge in [-0.15, -0.1) is 0 Å². The largest absolute Gasteiger partial charge is 0.396 e. The van der Waals surface area contributed by atoms with Crippen molar-refractivity contribution in [1.82, 2.24) is 15.3 Å². The van der Waals surface area contributed by atoms with Crippen molar-refractivity contribution in [3.05, 3.63) is 24.3 Å². The second-order valence-electron chi connectivity index (χ2n) is 3.87. The summed E-state index contributed by atoms with van der Waals surface area (Å²) in [5, 5.41) is 13.0. The third kappa shape index (κ3) is 3.21. The Morgan fingerprint density at radius 2 is 2.29 bits per heavy atom. The van der Waals surface area contributed by atoms with E-state index in [0.717, 1.165) is 28.4 Å². The standard InChI is InChI=1S/C12H17N3OS/c1-13-9(6-7-16)8-17-12-14-10-4-2-3-5-11(10)15-12/h2-5,9,13,16H,6-8H2,1H3,(H,14,15). The van der Waals surface area contributed by atoms with E-state index < -0.39 is 0 Å². The second kappa shape index (κ2) is 6.05. The highest BCUT2D eigenvalue weighted by molar-refractivity contribution is 7.99. The SMILES string of the molecule is CNC(CCO)CSc1nc2ccccc2[nH]1. The zero-order chi connectivity index (χ0) is 12.1. The highest BCUT2D eigenvalue weighted by Gasteiger charge is 2.08. The van der Waals surface area contributed by atoms with Crippen LogP contribution in [0.25, 0.3) is 11.0 Å². The molecule has 0 amide bonds. The molecule has 1 unspecified atom stereocenters. The van der Waals surface area contributed by atoms with Gasteiger partial charge in [0.2, 0.25) is 0 Å². The fourth-order valence-electron chi connectivity index (χ4n) is 1.64. The van der Waals surface area contributed by atoms with Crippen LogP contribution in [0.3, 0.4) is 0 Å². The van der Waals surface area contributed by atoms with E-state index in [2.05, 4.69) is 15.3 Å².